The second-order valence-corrected chi connectivity index (χ2v) is 9.31. The maximum absolute atomic E-state index is 12.9. The number of carbonyl (C=O) groups is 2. The fraction of sp³-hybridized carbons (Fsp3) is 0.323. The normalized spacial score (nSPS) is 15.1. The number of hydrogen-bond acceptors (Lipinski definition) is 7. The minimum Gasteiger partial charge on any atom is -0.351 e. The third-order valence-corrected chi connectivity index (χ3v) is 6.81. The van der Waals surface area contributed by atoms with E-state index in [4.69, 9.17) is 14.7 Å². The van der Waals surface area contributed by atoms with Crippen LogP contribution in [-0.2, 0) is 14.3 Å². The van der Waals surface area contributed by atoms with Crippen molar-refractivity contribution in [1.82, 2.24) is 9.97 Å². The molecule has 5 rings (SSSR count). The van der Waals surface area contributed by atoms with Gasteiger partial charge in [0.1, 0.15) is 18.2 Å². The first-order chi connectivity index (χ1) is 18.4. The summed E-state index contributed by atoms with van der Waals surface area (Å²) >= 11 is 0. The van der Waals surface area contributed by atoms with Crippen LogP contribution in [0.4, 0.5) is 0 Å². The summed E-state index contributed by atoms with van der Waals surface area (Å²) in [5.74, 6) is -1.13. The number of fused-ring (bicyclic) bond motifs is 5. The van der Waals surface area contributed by atoms with Gasteiger partial charge in [0.25, 0.3) is 0 Å². The molecule has 7 nitrogen and oxygen atoms in total. The van der Waals surface area contributed by atoms with Crippen molar-refractivity contribution < 1.29 is 19.1 Å². The molecule has 7 heteroatoms. The summed E-state index contributed by atoms with van der Waals surface area (Å²) in [6.07, 6.45) is 5.47. The van der Waals surface area contributed by atoms with E-state index >= 15 is 0 Å². The second kappa shape index (κ2) is 12.0. The Bertz CT molecular complexity index is 1490. The lowest BCUT2D eigenvalue weighted by Gasteiger charge is -2.32. The molecule has 0 spiro atoms. The molecule has 0 N–H and O–H groups in total. The van der Waals surface area contributed by atoms with Gasteiger partial charge in [-0.1, -0.05) is 48.5 Å². The average Bonchev–Trinajstić information content (AvgIpc) is 2.93. The van der Waals surface area contributed by atoms with Crippen molar-refractivity contribution >= 4 is 33.1 Å². The van der Waals surface area contributed by atoms with Crippen LogP contribution in [0.1, 0.15) is 67.4 Å². The van der Waals surface area contributed by atoms with E-state index in [0.717, 1.165) is 27.1 Å². The Morgan fingerprint density at radius 2 is 1.63 bits per heavy atom. The first kappa shape index (κ1) is 27.1. The number of aromatic nitrogens is 2. The lowest BCUT2D eigenvalue weighted by Crippen LogP contribution is -2.34. The van der Waals surface area contributed by atoms with Gasteiger partial charge in [-0.05, 0) is 54.3 Å². The molecule has 0 bridgehead atoms. The molecule has 1 atom stereocenters. The number of Topliss-reactive ketones (excluding diaryl/α,β-unsaturated/α-hetero) is 2. The number of benzene rings is 3. The Morgan fingerprint density at radius 3 is 2.29 bits per heavy atom. The van der Waals surface area contributed by atoms with Crippen molar-refractivity contribution in [1.29, 1.82) is 5.26 Å². The van der Waals surface area contributed by atoms with Gasteiger partial charge >= 0.3 is 0 Å². The molecule has 3 aromatic carbocycles. The Balaban J connectivity index is 0.000000360. The van der Waals surface area contributed by atoms with Crippen molar-refractivity contribution in [3.05, 3.63) is 83.9 Å². The van der Waals surface area contributed by atoms with Gasteiger partial charge in [0.2, 0.25) is 0 Å². The SMILES string of the molecule is CCOC(C)(CCC1C(=O)CC(=O)c2c1ccc1c2ccc2ccccc21)OCC.N#Cc1cncnc1. The number of rotatable bonds is 7. The fourth-order valence-electron chi connectivity index (χ4n) is 5.13. The topological polar surface area (TPSA) is 102 Å². The summed E-state index contributed by atoms with van der Waals surface area (Å²) in [5.41, 5.74) is 2.04. The summed E-state index contributed by atoms with van der Waals surface area (Å²) in [6.45, 7) is 6.89. The van der Waals surface area contributed by atoms with E-state index in [1.807, 2.05) is 51.1 Å². The molecule has 194 valence electrons. The zero-order valence-electron chi connectivity index (χ0n) is 21.9. The van der Waals surface area contributed by atoms with Gasteiger partial charge in [-0.25, -0.2) is 9.97 Å². The van der Waals surface area contributed by atoms with Gasteiger partial charge in [0.05, 0.1) is 12.0 Å². The van der Waals surface area contributed by atoms with E-state index in [1.54, 1.807) is 0 Å². The van der Waals surface area contributed by atoms with Crippen molar-refractivity contribution in [3.8, 4) is 6.07 Å². The molecular weight excluding hydrogens is 478 g/mol. The molecule has 1 aromatic heterocycles. The third-order valence-electron chi connectivity index (χ3n) is 6.81. The standard InChI is InChI=1S/C26H28O4.C5H3N3/c1-4-29-26(3,30-5-2)15-14-20-22-13-12-19-18-9-7-6-8-17(18)10-11-21(19)25(22)24(28)16-23(20)27;6-1-5-2-7-4-8-3-5/h6-13,20H,4-5,14-16H2,1-3H3;2-4H. The molecule has 4 aromatic rings. The van der Waals surface area contributed by atoms with Crippen LogP contribution in [0.25, 0.3) is 21.5 Å². The van der Waals surface area contributed by atoms with Gasteiger partial charge < -0.3 is 9.47 Å². The molecule has 0 radical (unpaired) electrons. The van der Waals surface area contributed by atoms with Gasteiger partial charge in [0, 0.05) is 43.5 Å². The van der Waals surface area contributed by atoms with Gasteiger partial charge in [-0.3, -0.25) is 9.59 Å². The van der Waals surface area contributed by atoms with Crippen LogP contribution in [0.3, 0.4) is 0 Å². The number of hydrogen-bond donors (Lipinski definition) is 0. The number of nitriles is 1. The maximum Gasteiger partial charge on any atom is 0.171 e. The summed E-state index contributed by atoms with van der Waals surface area (Å²) < 4.78 is 11.6. The van der Waals surface area contributed by atoms with Crippen LogP contribution in [0.15, 0.2) is 67.3 Å². The van der Waals surface area contributed by atoms with Gasteiger partial charge in [0.15, 0.2) is 11.6 Å². The van der Waals surface area contributed by atoms with Crippen LogP contribution in [0, 0.1) is 11.3 Å². The predicted molar refractivity (Wildman–Crippen MR) is 146 cm³/mol. The Hall–Kier alpha value is -3.99. The van der Waals surface area contributed by atoms with Crippen LogP contribution in [0.2, 0.25) is 0 Å². The van der Waals surface area contributed by atoms with E-state index in [1.165, 1.54) is 18.7 Å². The highest BCUT2D eigenvalue weighted by Gasteiger charge is 2.36. The largest absolute Gasteiger partial charge is 0.351 e. The lowest BCUT2D eigenvalue weighted by molar-refractivity contribution is -0.225. The molecule has 0 aliphatic heterocycles. The van der Waals surface area contributed by atoms with Crippen molar-refractivity contribution in [3.63, 3.8) is 0 Å². The summed E-state index contributed by atoms with van der Waals surface area (Å²) in [6, 6.07) is 18.2. The fourth-order valence-corrected chi connectivity index (χ4v) is 5.13. The monoisotopic (exact) mass is 509 g/mol. The zero-order chi connectivity index (χ0) is 27.1. The van der Waals surface area contributed by atoms with Crippen LogP contribution < -0.4 is 0 Å². The first-order valence-electron chi connectivity index (χ1n) is 12.8. The number of ketones is 2. The first-order valence-corrected chi connectivity index (χ1v) is 12.8. The van der Waals surface area contributed by atoms with Crippen LogP contribution in [-0.4, -0.2) is 40.5 Å². The highest BCUT2D eigenvalue weighted by molar-refractivity contribution is 6.22. The molecule has 1 heterocycles. The molecule has 38 heavy (non-hydrogen) atoms. The molecule has 1 aliphatic carbocycles. The average molecular weight is 510 g/mol. The van der Waals surface area contributed by atoms with Crippen LogP contribution >= 0.6 is 0 Å². The summed E-state index contributed by atoms with van der Waals surface area (Å²) in [4.78, 5) is 33.0. The van der Waals surface area contributed by atoms with Crippen LogP contribution in [0.5, 0.6) is 0 Å². The molecule has 0 saturated heterocycles. The molecule has 0 fully saturated rings. The number of carbonyl (C=O) groups excluding carboxylic acids is 2. The van der Waals surface area contributed by atoms with E-state index in [2.05, 4.69) is 34.2 Å². The molecule has 0 amide bonds. The zero-order valence-corrected chi connectivity index (χ0v) is 21.9. The van der Waals surface area contributed by atoms with E-state index < -0.39 is 5.79 Å². The van der Waals surface area contributed by atoms with E-state index in [-0.39, 0.29) is 23.9 Å². The highest BCUT2D eigenvalue weighted by atomic mass is 16.7. The second-order valence-electron chi connectivity index (χ2n) is 9.31. The number of nitrogens with zero attached hydrogens (tertiary/aromatic N) is 3. The lowest BCUT2D eigenvalue weighted by atomic mass is 9.76. The molecule has 1 unspecified atom stereocenters. The number of ether oxygens (including phenoxy) is 2. The Labute approximate surface area is 222 Å². The maximum atomic E-state index is 12.9. The molecule has 1 aliphatic rings. The smallest absolute Gasteiger partial charge is 0.171 e. The van der Waals surface area contributed by atoms with Crippen molar-refractivity contribution in [2.75, 3.05) is 13.2 Å². The summed E-state index contributed by atoms with van der Waals surface area (Å²) in [7, 11) is 0. The minimum absolute atomic E-state index is 0.0111. The van der Waals surface area contributed by atoms with Gasteiger partial charge in [-0.2, -0.15) is 5.26 Å². The third kappa shape index (κ3) is 5.77. The summed E-state index contributed by atoms with van der Waals surface area (Å²) in [5, 5.41) is 12.5. The minimum atomic E-state index is -0.724. The van der Waals surface area contributed by atoms with Crippen molar-refractivity contribution in [2.45, 2.75) is 51.7 Å². The van der Waals surface area contributed by atoms with Crippen molar-refractivity contribution in [2.24, 2.45) is 0 Å². The highest BCUT2D eigenvalue weighted by Crippen LogP contribution is 2.39. The Kier molecular flexibility index (Phi) is 8.57. The Morgan fingerprint density at radius 1 is 0.947 bits per heavy atom. The quantitative estimate of drug-likeness (QED) is 0.167. The van der Waals surface area contributed by atoms with Gasteiger partial charge in [-0.15, -0.1) is 0 Å². The van der Waals surface area contributed by atoms with E-state index in [9.17, 15) is 9.59 Å². The predicted octanol–water partition coefficient (Wildman–Crippen LogP) is 6.15. The molecular formula is C31H31N3O4. The molecule has 0 saturated carbocycles. The van der Waals surface area contributed by atoms with E-state index in [0.29, 0.717) is 37.2 Å².